The first-order valence-corrected chi connectivity index (χ1v) is 7.88. The van der Waals surface area contributed by atoms with E-state index in [0.29, 0.717) is 5.92 Å². The zero-order valence-corrected chi connectivity index (χ0v) is 13.0. The molecule has 3 nitrogen and oxygen atoms in total. The smallest absolute Gasteiger partial charge is 0.136 e. The van der Waals surface area contributed by atoms with Gasteiger partial charge in [0.15, 0.2) is 0 Å². The van der Waals surface area contributed by atoms with Crippen molar-refractivity contribution in [1.29, 1.82) is 0 Å². The van der Waals surface area contributed by atoms with E-state index in [1.807, 2.05) is 27.7 Å². The molecule has 0 saturated carbocycles. The molecule has 0 fully saturated rings. The highest BCUT2D eigenvalue weighted by atomic mass is 32.2. The molecule has 0 saturated heterocycles. The van der Waals surface area contributed by atoms with Crippen LogP contribution in [-0.4, -0.2) is 14.3 Å². The summed E-state index contributed by atoms with van der Waals surface area (Å²) in [5.41, 5.74) is 1.11. The van der Waals surface area contributed by atoms with Crippen LogP contribution in [-0.2, 0) is 11.4 Å². The zero-order chi connectivity index (χ0) is 13.2. The molecule has 0 aliphatic rings. The Labute approximate surface area is 111 Å². The molecule has 0 aliphatic heterocycles. The lowest BCUT2D eigenvalue weighted by molar-refractivity contribution is 0.530. The molecule has 1 rings (SSSR count). The average molecular weight is 274 g/mol. The second-order valence-electron chi connectivity index (χ2n) is 5.49. The molecule has 1 aromatic rings. The van der Waals surface area contributed by atoms with Gasteiger partial charge in [-0.15, -0.1) is 16.1 Å². The summed E-state index contributed by atoms with van der Waals surface area (Å²) in [7, 11) is 0. The zero-order valence-electron chi connectivity index (χ0n) is 11.4. The summed E-state index contributed by atoms with van der Waals surface area (Å²) in [4.78, 5) is 4.57. The van der Waals surface area contributed by atoms with Crippen LogP contribution in [0.2, 0.25) is 0 Å². The monoisotopic (exact) mass is 274 g/mol. The molecule has 1 N–H and O–H groups in total. The van der Waals surface area contributed by atoms with Gasteiger partial charge in [0.2, 0.25) is 0 Å². The van der Waals surface area contributed by atoms with Crippen molar-refractivity contribution < 1.29 is 4.55 Å². The van der Waals surface area contributed by atoms with Gasteiger partial charge >= 0.3 is 0 Å². The van der Waals surface area contributed by atoms with E-state index in [0.717, 1.165) is 10.7 Å². The molecule has 2 atom stereocenters. The maximum Gasteiger partial charge on any atom is 0.136 e. The van der Waals surface area contributed by atoms with Gasteiger partial charge in [-0.25, -0.2) is 4.98 Å². The first-order chi connectivity index (χ1) is 7.71. The molecule has 98 valence electrons. The molecule has 0 unspecified atom stereocenters. The first kappa shape index (κ1) is 15.0. The summed E-state index contributed by atoms with van der Waals surface area (Å²) in [6.45, 7) is 12.2. The molecule has 0 spiro atoms. The fraction of sp³-hybridized carbons (Fsp3) is 0.750. The molecule has 17 heavy (non-hydrogen) atoms. The van der Waals surface area contributed by atoms with Crippen molar-refractivity contribution in [2.75, 3.05) is 0 Å². The highest BCUT2D eigenvalue weighted by molar-refractivity contribution is 7.90. The minimum atomic E-state index is -1.05. The summed E-state index contributed by atoms with van der Waals surface area (Å²) < 4.78 is 14.8. The Balaban J connectivity index is 2.66. The Morgan fingerprint density at radius 2 is 1.94 bits per heavy atom. The molecule has 0 aliphatic carbocycles. The topological polar surface area (TPSA) is 48.0 Å². The molecule has 0 radical (unpaired) electrons. The van der Waals surface area contributed by atoms with Gasteiger partial charge < -0.3 is 4.55 Å². The van der Waals surface area contributed by atoms with Crippen LogP contribution in [0.3, 0.4) is 0 Å². The van der Waals surface area contributed by atoms with Crippen molar-refractivity contribution in [2.45, 2.75) is 58.2 Å². The number of hydrogen-bond donors (Lipinski definition) is 1. The molecular formula is C12H22N2OS2. The lowest BCUT2D eigenvalue weighted by Crippen LogP contribution is -2.40. The van der Waals surface area contributed by atoms with E-state index in [-0.39, 0.29) is 10.8 Å². The van der Waals surface area contributed by atoms with Crippen molar-refractivity contribution in [3.63, 3.8) is 0 Å². The number of rotatable bonds is 4. The molecule has 0 bridgehead atoms. The van der Waals surface area contributed by atoms with Gasteiger partial charge in [-0.2, -0.15) is 0 Å². The molecular weight excluding hydrogens is 252 g/mol. The summed E-state index contributed by atoms with van der Waals surface area (Å²) in [5, 5.41) is 3.09. The predicted molar refractivity (Wildman–Crippen MR) is 75.6 cm³/mol. The van der Waals surface area contributed by atoms with Gasteiger partial charge in [0.25, 0.3) is 0 Å². The summed E-state index contributed by atoms with van der Waals surface area (Å²) >= 11 is 0.578. The van der Waals surface area contributed by atoms with Gasteiger partial charge in [0, 0.05) is 16.7 Å². The van der Waals surface area contributed by atoms with E-state index in [1.54, 1.807) is 11.3 Å². The third kappa shape index (κ3) is 4.25. The Hall–Kier alpha value is -0.100. The third-order valence-electron chi connectivity index (χ3n) is 2.34. The van der Waals surface area contributed by atoms with Crippen molar-refractivity contribution in [3.05, 3.63) is 16.1 Å². The molecule has 1 aromatic heterocycles. The van der Waals surface area contributed by atoms with Gasteiger partial charge in [-0.1, -0.05) is 13.8 Å². The maximum atomic E-state index is 12.0. The van der Waals surface area contributed by atoms with E-state index in [1.165, 1.54) is 0 Å². The second kappa shape index (κ2) is 5.69. The Bertz CT molecular complexity index is 358. The van der Waals surface area contributed by atoms with Crippen LogP contribution in [0.25, 0.3) is 0 Å². The van der Waals surface area contributed by atoms with E-state index >= 15 is 0 Å². The SMILES string of the molecule is CC(C)c1csc([C@H](C)N[S@@+]([O-])C(C)(C)C)n1. The minimum absolute atomic E-state index is 0.0348. The number of aromatic nitrogens is 1. The van der Waals surface area contributed by atoms with Crippen molar-refractivity contribution >= 4 is 22.7 Å². The van der Waals surface area contributed by atoms with Crippen LogP contribution < -0.4 is 4.72 Å². The predicted octanol–water partition coefficient (Wildman–Crippen LogP) is 3.38. The molecule has 1 heterocycles. The maximum absolute atomic E-state index is 12.0. The first-order valence-electron chi connectivity index (χ1n) is 5.85. The van der Waals surface area contributed by atoms with Crippen LogP contribution in [0.5, 0.6) is 0 Å². The van der Waals surface area contributed by atoms with E-state index in [9.17, 15) is 4.55 Å². The Morgan fingerprint density at radius 3 is 2.35 bits per heavy atom. The third-order valence-corrected chi connectivity index (χ3v) is 5.07. The second-order valence-corrected chi connectivity index (χ2v) is 8.37. The Morgan fingerprint density at radius 1 is 1.35 bits per heavy atom. The lowest BCUT2D eigenvalue weighted by atomic mass is 10.2. The quantitative estimate of drug-likeness (QED) is 0.856. The average Bonchev–Trinajstić information content (AvgIpc) is 2.64. The number of thiazole rings is 1. The van der Waals surface area contributed by atoms with E-state index in [4.69, 9.17) is 0 Å². The summed E-state index contributed by atoms with van der Waals surface area (Å²) in [6.07, 6.45) is 0. The van der Waals surface area contributed by atoms with Crippen LogP contribution >= 0.6 is 11.3 Å². The van der Waals surface area contributed by atoms with Crippen LogP contribution in [0.15, 0.2) is 5.38 Å². The molecule has 5 heteroatoms. The van der Waals surface area contributed by atoms with Gasteiger partial charge in [-0.3, -0.25) is 0 Å². The minimum Gasteiger partial charge on any atom is -0.598 e. The highest BCUT2D eigenvalue weighted by Crippen LogP contribution is 2.24. The van der Waals surface area contributed by atoms with Crippen LogP contribution in [0.1, 0.15) is 64.2 Å². The fourth-order valence-electron chi connectivity index (χ4n) is 1.15. The van der Waals surface area contributed by atoms with Crippen molar-refractivity contribution in [1.82, 2.24) is 9.71 Å². The molecule has 0 amide bonds. The number of nitrogens with one attached hydrogen (secondary N) is 1. The van der Waals surface area contributed by atoms with Crippen LogP contribution in [0, 0.1) is 0 Å². The number of hydrogen-bond acceptors (Lipinski definition) is 4. The van der Waals surface area contributed by atoms with Crippen LogP contribution in [0.4, 0.5) is 0 Å². The van der Waals surface area contributed by atoms with Gasteiger partial charge in [0.1, 0.15) is 15.8 Å². The van der Waals surface area contributed by atoms with E-state index in [2.05, 4.69) is 28.9 Å². The lowest BCUT2D eigenvalue weighted by Gasteiger charge is -2.25. The van der Waals surface area contributed by atoms with Gasteiger partial charge in [-0.05, 0) is 33.6 Å². The summed E-state index contributed by atoms with van der Waals surface area (Å²) in [5.74, 6) is 0.445. The summed E-state index contributed by atoms with van der Waals surface area (Å²) in [6, 6.07) is 0.0348. The normalized spacial score (nSPS) is 16.2. The highest BCUT2D eigenvalue weighted by Gasteiger charge is 2.29. The van der Waals surface area contributed by atoms with Gasteiger partial charge in [0.05, 0.1) is 5.69 Å². The van der Waals surface area contributed by atoms with E-state index < -0.39 is 11.4 Å². The fourth-order valence-corrected chi connectivity index (χ4v) is 3.00. The number of nitrogens with zero attached hydrogens (tertiary/aromatic N) is 1. The van der Waals surface area contributed by atoms with Crippen molar-refractivity contribution in [2.24, 2.45) is 0 Å². The Kier molecular flexibility index (Phi) is 5.01. The largest absolute Gasteiger partial charge is 0.598 e. The standard InChI is InChI=1S/C12H22N2OS2/c1-8(2)10-7-16-11(13-10)9(3)14-17(15)12(4,5)6/h7-9,14H,1-6H3/t9-,17-/m0/s1. The van der Waals surface area contributed by atoms with Crippen molar-refractivity contribution in [3.8, 4) is 0 Å². The molecule has 0 aromatic carbocycles.